The van der Waals surface area contributed by atoms with Crippen molar-refractivity contribution >= 4 is 5.69 Å². The van der Waals surface area contributed by atoms with E-state index in [4.69, 9.17) is 5.11 Å². The molecule has 2 fully saturated rings. The molecule has 0 radical (unpaired) electrons. The minimum atomic E-state index is 0.281. The van der Waals surface area contributed by atoms with Gasteiger partial charge in [0, 0.05) is 68.9 Å². The second kappa shape index (κ2) is 7.60. The Morgan fingerprint density at radius 3 is 2.17 bits per heavy atom. The molecule has 3 heterocycles. The van der Waals surface area contributed by atoms with Gasteiger partial charge in [0.05, 0.1) is 6.61 Å². The third-order valence-corrected chi connectivity index (χ3v) is 5.24. The van der Waals surface area contributed by atoms with Gasteiger partial charge in [-0.1, -0.05) is 0 Å². The van der Waals surface area contributed by atoms with Crippen LogP contribution in [0.25, 0.3) is 0 Å². The zero-order chi connectivity index (χ0) is 16.2. The molecular weight excluding hydrogens is 288 g/mol. The predicted molar refractivity (Wildman–Crippen MR) is 94.0 cm³/mol. The first-order chi connectivity index (χ1) is 11.2. The highest BCUT2D eigenvalue weighted by molar-refractivity contribution is 5.48. The maximum Gasteiger partial charge on any atom is 0.0558 e. The Balaban J connectivity index is 1.51. The monoisotopic (exact) mass is 318 g/mol. The van der Waals surface area contributed by atoms with Gasteiger partial charge < -0.3 is 10.0 Å². The largest absolute Gasteiger partial charge is 0.395 e. The van der Waals surface area contributed by atoms with Gasteiger partial charge in [-0.15, -0.1) is 0 Å². The van der Waals surface area contributed by atoms with Crippen molar-refractivity contribution in [2.45, 2.75) is 32.7 Å². The van der Waals surface area contributed by atoms with Crippen LogP contribution in [0.4, 0.5) is 5.69 Å². The lowest BCUT2D eigenvalue weighted by Crippen LogP contribution is -2.53. The second-order valence-corrected chi connectivity index (χ2v) is 6.93. The molecule has 0 spiro atoms. The number of anilines is 1. The fraction of sp³-hybridized carbons (Fsp3) is 0.722. The maximum absolute atomic E-state index is 9.04. The molecule has 0 atom stereocenters. The lowest BCUT2D eigenvalue weighted by molar-refractivity contribution is 0.0747. The van der Waals surface area contributed by atoms with Crippen molar-refractivity contribution in [2.24, 2.45) is 0 Å². The first-order valence-corrected chi connectivity index (χ1v) is 8.93. The molecule has 2 aliphatic rings. The number of pyridine rings is 1. The Kier molecular flexibility index (Phi) is 5.51. The number of hydrogen-bond acceptors (Lipinski definition) is 5. The normalized spacial score (nSPS) is 21.8. The molecule has 3 rings (SSSR count). The molecule has 0 aromatic carbocycles. The molecule has 5 nitrogen and oxygen atoms in total. The Morgan fingerprint density at radius 2 is 1.61 bits per heavy atom. The molecule has 23 heavy (non-hydrogen) atoms. The fourth-order valence-electron chi connectivity index (χ4n) is 3.98. The van der Waals surface area contributed by atoms with E-state index in [1.165, 1.54) is 18.5 Å². The van der Waals surface area contributed by atoms with Gasteiger partial charge in [-0.2, -0.15) is 0 Å². The highest BCUT2D eigenvalue weighted by atomic mass is 16.3. The van der Waals surface area contributed by atoms with E-state index in [0.717, 1.165) is 63.2 Å². The highest BCUT2D eigenvalue weighted by Gasteiger charge is 2.27. The summed E-state index contributed by atoms with van der Waals surface area (Å²) >= 11 is 0. The molecule has 2 saturated heterocycles. The van der Waals surface area contributed by atoms with Gasteiger partial charge in [0.15, 0.2) is 0 Å². The number of aliphatic hydroxyl groups excluding tert-OH is 1. The number of aromatic nitrogens is 1. The van der Waals surface area contributed by atoms with E-state index in [1.54, 1.807) is 0 Å². The van der Waals surface area contributed by atoms with E-state index in [1.807, 2.05) is 0 Å². The van der Waals surface area contributed by atoms with Crippen LogP contribution >= 0.6 is 0 Å². The van der Waals surface area contributed by atoms with Gasteiger partial charge in [-0.05, 0) is 38.8 Å². The molecule has 0 amide bonds. The number of piperidine rings is 1. The molecule has 1 N–H and O–H groups in total. The van der Waals surface area contributed by atoms with E-state index in [9.17, 15) is 0 Å². The summed E-state index contributed by atoms with van der Waals surface area (Å²) in [6.45, 7) is 12.1. The van der Waals surface area contributed by atoms with Gasteiger partial charge in [0.1, 0.15) is 0 Å². The molecule has 0 aliphatic carbocycles. The Labute approximate surface area is 139 Å². The van der Waals surface area contributed by atoms with Crippen molar-refractivity contribution in [1.29, 1.82) is 0 Å². The van der Waals surface area contributed by atoms with Crippen molar-refractivity contribution in [3.8, 4) is 0 Å². The van der Waals surface area contributed by atoms with Crippen LogP contribution < -0.4 is 4.90 Å². The average Bonchev–Trinajstić information content (AvgIpc) is 2.55. The Hall–Kier alpha value is -1.17. The summed E-state index contributed by atoms with van der Waals surface area (Å²) < 4.78 is 0. The lowest BCUT2D eigenvalue weighted by Gasteiger charge is -2.43. The molecule has 0 bridgehead atoms. The number of nitrogens with zero attached hydrogens (tertiary/aromatic N) is 4. The smallest absolute Gasteiger partial charge is 0.0558 e. The summed E-state index contributed by atoms with van der Waals surface area (Å²) in [6.07, 6.45) is 2.50. The van der Waals surface area contributed by atoms with Crippen LogP contribution in [0.1, 0.15) is 24.2 Å². The van der Waals surface area contributed by atoms with E-state index >= 15 is 0 Å². The maximum atomic E-state index is 9.04. The minimum Gasteiger partial charge on any atom is -0.395 e. The molecule has 2 aliphatic heterocycles. The first-order valence-electron chi connectivity index (χ1n) is 8.93. The number of β-amino-alcohol motifs (C(OH)–C–C–N with tert-alkyl or cyclic N) is 1. The SMILES string of the molecule is Cc1cc(N2CCC(N3CCN(CCO)CC3)CC2)cc(C)n1. The van der Waals surface area contributed by atoms with Gasteiger partial charge in [-0.25, -0.2) is 0 Å². The molecule has 1 aromatic heterocycles. The predicted octanol–water partition coefficient (Wildman–Crippen LogP) is 1.28. The Morgan fingerprint density at radius 1 is 1.00 bits per heavy atom. The van der Waals surface area contributed by atoms with Crippen LogP contribution in [0.2, 0.25) is 0 Å². The third kappa shape index (κ3) is 4.22. The lowest BCUT2D eigenvalue weighted by atomic mass is 10.0. The molecule has 1 aromatic rings. The number of hydrogen-bond donors (Lipinski definition) is 1. The van der Waals surface area contributed by atoms with Crippen LogP contribution in [0.3, 0.4) is 0 Å². The van der Waals surface area contributed by atoms with Gasteiger partial charge in [-0.3, -0.25) is 14.8 Å². The molecular formula is C18H30N4O. The number of aryl methyl sites for hydroxylation is 2. The van der Waals surface area contributed by atoms with Crippen molar-refractivity contribution in [3.63, 3.8) is 0 Å². The summed E-state index contributed by atoms with van der Waals surface area (Å²) in [7, 11) is 0. The molecule has 128 valence electrons. The summed E-state index contributed by atoms with van der Waals surface area (Å²) in [6, 6.07) is 5.15. The van der Waals surface area contributed by atoms with Crippen LogP contribution in [0, 0.1) is 13.8 Å². The summed E-state index contributed by atoms with van der Waals surface area (Å²) in [5.41, 5.74) is 3.56. The summed E-state index contributed by atoms with van der Waals surface area (Å²) in [5.74, 6) is 0. The minimum absolute atomic E-state index is 0.281. The molecule has 5 heteroatoms. The van der Waals surface area contributed by atoms with Crippen LogP contribution in [-0.2, 0) is 0 Å². The standard InChI is InChI=1S/C18H30N4O/c1-15-13-18(14-16(2)19-15)21-5-3-17(4-6-21)22-9-7-20(8-10-22)11-12-23/h13-14,17,23H,3-12H2,1-2H3. The van der Waals surface area contributed by atoms with Gasteiger partial charge >= 0.3 is 0 Å². The van der Waals surface area contributed by atoms with Crippen LogP contribution in [0.5, 0.6) is 0 Å². The van der Waals surface area contributed by atoms with Crippen LogP contribution in [0.15, 0.2) is 12.1 Å². The van der Waals surface area contributed by atoms with Gasteiger partial charge in [0.25, 0.3) is 0 Å². The van der Waals surface area contributed by atoms with E-state index < -0.39 is 0 Å². The zero-order valence-electron chi connectivity index (χ0n) is 14.5. The van der Waals surface area contributed by atoms with Gasteiger partial charge in [0.2, 0.25) is 0 Å². The summed E-state index contributed by atoms with van der Waals surface area (Å²) in [4.78, 5) is 12.0. The highest BCUT2D eigenvalue weighted by Crippen LogP contribution is 2.24. The van der Waals surface area contributed by atoms with Crippen LogP contribution in [-0.4, -0.2) is 78.4 Å². The molecule has 0 unspecified atom stereocenters. The average molecular weight is 318 g/mol. The number of aliphatic hydroxyl groups is 1. The Bertz CT molecular complexity index is 485. The van der Waals surface area contributed by atoms with E-state index in [0.29, 0.717) is 0 Å². The summed E-state index contributed by atoms with van der Waals surface area (Å²) in [5, 5.41) is 9.04. The molecule has 0 saturated carbocycles. The van der Waals surface area contributed by atoms with E-state index in [2.05, 4.69) is 45.7 Å². The van der Waals surface area contributed by atoms with Crippen molar-refractivity contribution in [3.05, 3.63) is 23.5 Å². The zero-order valence-corrected chi connectivity index (χ0v) is 14.5. The van der Waals surface area contributed by atoms with Crippen molar-refractivity contribution in [2.75, 3.05) is 57.3 Å². The third-order valence-electron chi connectivity index (χ3n) is 5.24. The van der Waals surface area contributed by atoms with Crippen molar-refractivity contribution < 1.29 is 5.11 Å². The topological polar surface area (TPSA) is 42.8 Å². The number of piperazine rings is 1. The quantitative estimate of drug-likeness (QED) is 0.906. The van der Waals surface area contributed by atoms with Crippen molar-refractivity contribution in [1.82, 2.24) is 14.8 Å². The first kappa shape index (κ1) is 16.7. The number of rotatable bonds is 4. The van der Waals surface area contributed by atoms with E-state index in [-0.39, 0.29) is 6.61 Å². The second-order valence-electron chi connectivity index (χ2n) is 6.93. The fourth-order valence-corrected chi connectivity index (χ4v) is 3.98.